The van der Waals surface area contributed by atoms with Crippen LogP contribution in [0, 0.1) is 0 Å². The minimum absolute atomic E-state index is 0.109. The summed E-state index contributed by atoms with van der Waals surface area (Å²) in [7, 11) is 0. The largest absolute Gasteiger partial charge is 0.505 e. The van der Waals surface area contributed by atoms with Gasteiger partial charge in [-0.2, -0.15) is 5.10 Å². The van der Waals surface area contributed by atoms with Gasteiger partial charge in [-0.05, 0) is 29.8 Å². The third-order valence-electron chi connectivity index (χ3n) is 2.45. The zero-order valence-electron chi connectivity index (χ0n) is 10.7. The van der Waals surface area contributed by atoms with Crippen molar-refractivity contribution in [1.29, 1.82) is 0 Å². The first-order chi connectivity index (χ1) is 10.1. The van der Waals surface area contributed by atoms with Crippen molar-refractivity contribution in [3.8, 4) is 5.75 Å². The predicted molar refractivity (Wildman–Crippen MR) is 84.3 cm³/mol. The molecule has 0 aliphatic carbocycles. The van der Waals surface area contributed by atoms with Crippen molar-refractivity contribution in [2.24, 2.45) is 5.10 Å². The van der Waals surface area contributed by atoms with E-state index in [1.807, 2.05) is 6.07 Å². The zero-order chi connectivity index (χ0) is 15.2. The van der Waals surface area contributed by atoms with Gasteiger partial charge in [-0.25, -0.2) is 10.2 Å². The Hall–Kier alpha value is -2.24. The Bertz CT molecular complexity index is 652. The number of hydrogen-bond donors (Lipinski definition) is 3. The van der Waals surface area contributed by atoms with Gasteiger partial charge in [0.2, 0.25) is 0 Å². The molecule has 5 nitrogen and oxygen atoms in total. The molecule has 0 atom stereocenters. The number of aromatic hydroxyl groups is 1. The van der Waals surface area contributed by atoms with Crippen LogP contribution in [0.1, 0.15) is 5.56 Å². The van der Waals surface area contributed by atoms with Crippen LogP contribution in [0.2, 0.25) is 10.0 Å². The quantitative estimate of drug-likeness (QED) is 0.592. The van der Waals surface area contributed by atoms with Crippen molar-refractivity contribution in [2.75, 3.05) is 5.32 Å². The third kappa shape index (κ3) is 4.37. The summed E-state index contributed by atoms with van der Waals surface area (Å²) in [6.07, 6.45) is 1.36. The maximum absolute atomic E-state index is 11.6. The van der Waals surface area contributed by atoms with Crippen molar-refractivity contribution in [1.82, 2.24) is 5.43 Å². The maximum atomic E-state index is 11.6. The molecule has 2 aromatic rings. The summed E-state index contributed by atoms with van der Waals surface area (Å²) in [6, 6.07) is 11.4. The summed E-state index contributed by atoms with van der Waals surface area (Å²) < 4.78 is 0. The number of phenolic OH excluding ortho intramolecular Hbond substituents is 1. The van der Waals surface area contributed by atoms with Crippen LogP contribution in [-0.2, 0) is 0 Å². The first kappa shape index (κ1) is 15.2. The second-order valence-electron chi connectivity index (χ2n) is 4.02. The number of rotatable bonds is 3. The van der Waals surface area contributed by atoms with Crippen LogP contribution in [0.15, 0.2) is 47.6 Å². The molecule has 2 aromatic carbocycles. The van der Waals surface area contributed by atoms with E-state index in [2.05, 4.69) is 15.8 Å². The highest BCUT2D eigenvalue weighted by Gasteiger charge is 2.05. The van der Waals surface area contributed by atoms with Crippen molar-refractivity contribution in [3.63, 3.8) is 0 Å². The van der Waals surface area contributed by atoms with Gasteiger partial charge in [0.1, 0.15) is 0 Å². The topological polar surface area (TPSA) is 73.7 Å². The van der Waals surface area contributed by atoms with Crippen LogP contribution in [-0.4, -0.2) is 17.4 Å². The monoisotopic (exact) mass is 323 g/mol. The number of halogens is 2. The smallest absolute Gasteiger partial charge is 0.339 e. The van der Waals surface area contributed by atoms with Crippen molar-refractivity contribution >= 4 is 41.1 Å². The molecule has 2 rings (SSSR count). The molecule has 7 heteroatoms. The van der Waals surface area contributed by atoms with Crippen LogP contribution in [0.3, 0.4) is 0 Å². The lowest BCUT2D eigenvalue weighted by Gasteiger charge is -2.04. The van der Waals surface area contributed by atoms with E-state index >= 15 is 0 Å². The average Bonchev–Trinajstić information content (AvgIpc) is 2.45. The highest BCUT2D eigenvalue weighted by molar-refractivity contribution is 6.37. The molecule has 0 aliphatic rings. The Balaban J connectivity index is 1.95. The molecule has 0 heterocycles. The van der Waals surface area contributed by atoms with Gasteiger partial charge in [-0.3, -0.25) is 0 Å². The summed E-state index contributed by atoms with van der Waals surface area (Å²) in [5.74, 6) is -0.190. The zero-order valence-corrected chi connectivity index (χ0v) is 12.2. The standard InChI is InChI=1S/C14H11Cl2N3O2/c15-11-6-9(7-12(16)13(11)20)8-17-19-14(21)18-10-4-2-1-3-5-10/h1-8,20H,(H2,18,19,21)/b17-8+. The Labute approximate surface area is 131 Å². The van der Waals surface area contributed by atoms with E-state index in [1.54, 1.807) is 24.3 Å². The Morgan fingerprint density at radius 1 is 1.14 bits per heavy atom. The molecule has 108 valence electrons. The first-order valence-corrected chi connectivity index (χ1v) is 6.65. The number of hydrazone groups is 1. The number of nitrogens with one attached hydrogen (secondary N) is 2. The van der Waals surface area contributed by atoms with Crippen LogP contribution < -0.4 is 10.7 Å². The van der Waals surface area contributed by atoms with Gasteiger partial charge in [0.25, 0.3) is 0 Å². The van der Waals surface area contributed by atoms with Crippen LogP contribution in [0.4, 0.5) is 10.5 Å². The number of benzene rings is 2. The molecule has 0 aromatic heterocycles. The molecular formula is C14H11Cl2N3O2. The molecule has 0 bridgehead atoms. The molecule has 2 amide bonds. The van der Waals surface area contributed by atoms with E-state index < -0.39 is 6.03 Å². The normalized spacial score (nSPS) is 10.6. The van der Waals surface area contributed by atoms with Gasteiger partial charge in [0.05, 0.1) is 16.3 Å². The second kappa shape index (κ2) is 6.97. The number of hydrogen-bond acceptors (Lipinski definition) is 3. The number of anilines is 1. The van der Waals surface area contributed by atoms with Gasteiger partial charge < -0.3 is 10.4 Å². The van der Waals surface area contributed by atoms with Crippen LogP contribution >= 0.6 is 23.2 Å². The van der Waals surface area contributed by atoms with E-state index in [9.17, 15) is 9.90 Å². The minimum Gasteiger partial charge on any atom is -0.505 e. The number of urea groups is 1. The maximum Gasteiger partial charge on any atom is 0.339 e. The van der Waals surface area contributed by atoms with Crippen molar-refractivity contribution in [2.45, 2.75) is 0 Å². The third-order valence-corrected chi connectivity index (χ3v) is 3.03. The molecule has 0 aliphatic heterocycles. The van der Waals surface area contributed by atoms with Gasteiger partial charge in [-0.1, -0.05) is 41.4 Å². The van der Waals surface area contributed by atoms with Gasteiger partial charge in [0, 0.05) is 5.69 Å². The van der Waals surface area contributed by atoms with Gasteiger partial charge >= 0.3 is 6.03 Å². The van der Waals surface area contributed by atoms with Crippen molar-refractivity contribution in [3.05, 3.63) is 58.1 Å². The van der Waals surface area contributed by atoms with E-state index in [4.69, 9.17) is 23.2 Å². The molecule has 0 fully saturated rings. The van der Waals surface area contributed by atoms with Gasteiger partial charge in [-0.15, -0.1) is 0 Å². The summed E-state index contributed by atoms with van der Waals surface area (Å²) in [6.45, 7) is 0. The number of carbonyl (C=O) groups is 1. The van der Waals surface area contributed by atoms with Crippen molar-refractivity contribution < 1.29 is 9.90 Å². The lowest BCUT2D eigenvalue weighted by molar-refractivity contribution is 0.252. The summed E-state index contributed by atoms with van der Waals surface area (Å²) in [5, 5.41) is 16.0. The molecular weight excluding hydrogens is 313 g/mol. The molecule has 0 spiro atoms. The molecule has 3 N–H and O–H groups in total. The van der Waals surface area contributed by atoms with E-state index in [-0.39, 0.29) is 15.8 Å². The SMILES string of the molecule is O=C(N/N=C/c1cc(Cl)c(O)c(Cl)c1)Nc1ccccc1. The fraction of sp³-hybridized carbons (Fsp3) is 0. The predicted octanol–water partition coefficient (Wildman–Crippen LogP) is 3.85. The summed E-state index contributed by atoms with van der Waals surface area (Å²) in [4.78, 5) is 11.6. The Kier molecular flexibility index (Phi) is 5.03. The van der Waals surface area contributed by atoms with E-state index in [1.165, 1.54) is 18.3 Å². The number of phenols is 1. The summed E-state index contributed by atoms with van der Waals surface area (Å²) >= 11 is 11.5. The Morgan fingerprint density at radius 2 is 1.76 bits per heavy atom. The molecule has 0 radical (unpaired) electrons. The van der Waals surface area contributed by atoms with Gasteiger partial charge in [0.15, 0.2) is 5.75 Å². The lowest BCUT2D eigenvalue weighted by atomic mass is 10.2. The number of nitrogens with zero attached hydrogens (tertiary/aromatic N) is 1. The Morgan fingerprint density at radius 3 is 2.38 bits per heavy atom. The van der Waals surface area contributed by atoms with E-state index in [0.717, 1.165) is 0 Å². The second-order valence-corrected chi connectivity index (χ2v) is 4.84. The number of carbonyl (C=O) groups excluding carboxylic acids is 1. The summed E-state index contributed by atoms with van der Waals surface area (Å²) in [5.41, 5.74) is 3.50. The highest BCUT2D eigenvalue weighted by Crippen LogP contribution is 2.32. The minimum atomic E-state index is -0.478. The number of para-hydroxylation sites is 1. The fourth-order valence-electron chi connectivity index (χ4n) is 1.51. The molecule has 21 heavy (non-hydrogen) atoms. The molecule has 0 unspecified atom stereocenters. The van der Waals surface area contributed by atoms with E-state index in [0.29, 0.717) is 11.3 Å². The lowest BCUT2D eigenvalue weighted by Crippen LogP contribution is -2.24. The van der Waals surface area contributed by atoms with Crippen LogP contribution in [0.25, 0.3) is 0 Å². The fourth-order valence-corrected chi connectivity index (χ4v) is 2.01. The average molecular weight is 324 g/mol. The van der Waals surface area contributed by atoms with Crippen LogP contribution in [0.5, 0.6) is 5.75 Å². The number of amides is 2. The highest BCUT2D eigenvalue weighted by atomic mass is 35.5. The molecule has 0 saturated heterocycles. The molecule has 0 saturated carbocycles. The first-order valence-electron chi connectivity index (χ1n) is 5.89.